The number of nitrogens with zero attached hydrogens (tertiary/aromatic N) is 1. The van der Waals surface area contributed by atoms with Crippen molar-refractivity contribution >= 4 is 22.5 Å². The lowest BCUT2D eigenvalue weighted by Gasteiger charge is -2.20. The number of rotatable bonds is 2. The van der Waals surface area contributed by atoms with Gasteiger partial charge in [-0.25, -0.2) is 0 Å². The highest BCUT2D eigenvalue weighted by molar-refractivity contribution is 6.31. The summed E-state index contributed by atoms with van der Waals surface area (Å²) in [7, 11) is 0. The number of hydrogen-bond acceptors (Lipinski definition) is 2. The van der Waals surface area contributed by atoms with Crippen LogP contribution >= 0.6 is 11.6 Å². The SMILES string of the molecule is CC(C)(C)NCc1ccc2ccc(Cl)cc2n1. The fraction of sp³-hybridized carbons (Fsp3) is 0.357. The molecular weight excluding hydrogens is 232 g/mol. The van der Waals surface area contributed by atoms with E-state index in [9.17, 15) is 0 Å². The van der Waals surface area contributed by atoms with E-state index in [1.807, 2.05) is 18.2 Å². The van der Waals surface area contributed by atoms with Crippen LogP contribution in [0.25, 0.3) is 10.9 Å². The molecule has 0 atom stereocenters. The Morgan fingerprint density at radius 1 is 1.18 bits per heavy atom. The highest BCUT2D eigenvalue weighted by atomic mass is 35.5. The van der Waals surface area contributed by atoms with E-state index in [1.165, 1.54) is 0 Å². The first-order valence-electron chi connectivity index (χ1n) is 5.74. The molecule has 0 fully saturated rings. The normalized spacial score (nSPS) is 12.0. The maximum Gasteiger partial charge on any atom is 0.0720 e. The summed E-state index contributed by atoms with van der Waals surface area (Å²) in [6.45, 7) is 7.20. The number of pyridine rings is 1. The molecule has 0 aliphatic rings. The fourth-order valence-corrected chi connectivity index (χ4v) is 1.75. The van der Waals surface area contributed by atoms with Gasteiger partial charge in [-0.1, -0.05) is 23.7 Å². The van der Waals surface area contributed by atoms with Gasteiger partial charge in [0.05, 0.1) is 11.2 Å². The molecule has 1 aromatic heterocycles. The Labute approximate surface area is 107 Å². The van der Waals surface area contributed by atoms with Gasteiger partial charge >= 0.3 is 0 Å². The number of nitrogens with one attached hydrogen (secondary N) is 1. The molecule has 0 spiro atoms. The van der Waals surface area contributed by atoms with Gasteiger partial charge in [-0.15, -0.1) is 0 Å². The van der Waals surface area contributed by atoms with Crippen molar-refractivity contribution in [2.45, 2.75) is 32.9 Å². The number of halogens is 1. The summed E-state index contributed by atoms with van der Waals surface area (Å²) < 4.78 is 0. The summed E-state index contributed by atoms with van der Waals surface area (Å²) in [4.78, 5) is 4.59. The average molecular weight is 249 g/mol. The zero-order chi connectivity index (χ0) is 12.5. The number of benzene rings is 1. The molecule has 17 heavy (non-hydrogen) atoms. The largest absolute Gasteiger partial charge is 0.306 e. The topological polar surface area (TPSA) is 24.9 Å². The van der Waals surface area contributed by atoms with E-state index in [4.69, 9.17) is 11.6 Å². The molecule has 1 heterocycles. The highest BCUT2D eigenvalue weighted by Crippen LogP contribution is 2.18. The molecular formula is C14H17ClN2. The first-order chi connectivity index (χ1) is 7.94. The van der Waals surface area contributed by atoms with Crippen molar-refractivity contribution < 1.29 is 0 Å². The van der Waals surface area contributed by atoms with E-state index >= 15 is 0 Å². The van der Waals surface area contributed by atoms with E-state index < -0.39 is 0 Å². The fourth-order valence-electron chi connectivity index (χ4n) is 1.59. The molecule has 0 aliphatic heterocycles. The molecule has 1 aromatic carbocycles. The first kappa shape index (κ1) is 12.3. The molecule has 1 N–H and O–H groups in total. The Kier molecular flexibility index (Phi) is 3.36. The van der Waals surface area contributed by atoms with Gasteiger partial charge < -0.3 is 5.32 Å². The second-order valence-corrected chi connectivity index (χ2v) is 5.68. The van der Waals surface area contributed by atoms with Crippen LogP contribution in [-0.2, 0) is 6.54 Å². The Hall–Kier alpha value is -1.12. The van der Waals surface area contributed by atoms with Crippen molar-refractivity contribution in [3.63, 3.8) is 0 Å². The van der Waals surface area contributed by atoms with Crippen molar-refractivity contribution in [3.8, 4) is 0 Å². The first-order valence-corrected chi connectivity index (χ1v) is 6.12. The van der Waals surface area contributed by atoms with Crippen LogP contribution in [0.15, 0.2) is 30.3 Å². The maximum atomic E-state index is 5.97. The smallest absolute Gasteiger partial charge is 0.0720 e. The second-order valence-electron chi connectivity index (χ2n) is 5.24. The van der Waals surface area contributed by atoms with Crippen LogP contribution in [0.5, 0.6) is 0 Å². The lowest BCUT2D eigenvalue weighted by molar-refractivity contribution is 0.421. The van der Waals surface area contributed by atoms with Crippen molar-refractivity contribution in [3.05, 3.63) is 41.0 Å². The molecule has 3 heteroatoms. The van der Waals surface area contributed by atoms with Gasteiger partial charge in [0, 0.05) is 22.5 Å². The van der Waals surface area contributed by atoms with Crippen LogP contribution in [0.2, 0.25) is 5.02 Å². The monoisotopic (exact) mass is 248 g/mol. The standard InChI is InChI=1S/C14H17ClN2/c1-14(2,3)16-9-12-7-5-10-4-6-11(15)8-13(10)17-12/h4-8,16H,9H2,1-3H3. The molecule has 0 saturated heterocycles. The van der Waals surface area contributed by atoms with E-state index in [0.29, 0.717) is 0 Å². The molecule has 2 aromatic rings. The molecule has 0 amide bonds. The van der Waals surface area contributed by atoms with E-state index in [0.717, 1.165) is 28.2 Å². The van der Waals surface area contributed by atoms with E-state index in [1.54, 1.807) is 0 Å². The molecule has 0 saturated carbocycles. The maximum absolute atomic E-state index is 5.97. The van der Waals surface area contributed by atoms with Gasteiger partial charge in [-0.2, -0.15) is 0 Å². The summed E-state index contributed by atoms with van der Waals surface area (Å²) in [5.74, 6) is 0. The lowest BCUT2D eigenvalue weighted by atomic mass is 10.1. The van der Waals surface area contributed by atoms with Crippen LogP contribution < -0.4 is 5.32 Å². The third-order valence-electron chi connectivity index (χ3n) is 2.51. The zero-order valence-electron chi connectivity index (χ0n) is 10.4. The summed E-state index contributed by atoms with van der Waals surface area (Å²) >= 11 is 5.97. The molecule has 0 unspecified atom stereocenters. The highest BCUT2D eigenvalue weighted by Gasteiger charge is 2.09. The molecule has 2 nitrogen and oxygen atoms in total. The third-order valence-corrected chi connectivity index (χ3v) is 2.75. The van der Waals surface area contributed by atoms with Gasteiger partial charge in [0.25, 0.3) is 0 Å². The Morgan fingerprint density at radius 2 is 1.88 bits per heavy atom. The zero-order valence-corrected chi connectivity index (χ0v) is 11.2. The Bertz CT molecular complexity index is 529. The Balaban J connectivity index is 2.25. The molecule has 2 rings (SSSR count). The summed E-state index contributed by atoms with van der Waals surface area (Å²) in [5, 5.41) is 5.27. The Morgan fingerprint density at radius 3 is 2.59 bits per heavy atom. The molecule has 0 aliphatic carbocycles. The van der Waals surface area contributed by atoms with Crippen molar-refractivity contribution in [2.24, 2.45) is 0 Å². The lowest BCUT2D eigenvalue weighted by Crippen LogP contribution is -2.35. The van der Waals surface area contributed by atoms with Crippen LogP contribution in [0, 0.1) is 0 Å². The van der Waals surface area contributed by atoms with Crippen LogP contribution in [0.4, 0.5) is 0 Å². The van der Waals surface area contributed by atoms with Crippen molar-refractivity contribution in [2.75, 3.05) is 0 Å². The minimum Gasteiger partial charge on any atom is -0.306 e. The summed E-state index contributed by atoms with van der Waals surface area (Å²) in [6.07, 6.45) is 0. The number of aromatic nitrogens is 1. The summed E-state index contributed by atoms with van der Waals surface area (Å²) in [6, 6.07) is 9.91. The third kappa shape index (κ3) is 3.42. The van der Waals surface area contributed by atoms with E-state index in [-0.39, 0.29) is 5.54 Å². The minimum atomic E-state index is 0.102. The number of hydrogen-bond donors (Lipinski definition) is 1. The molecule has 90 valence electrons. The van der Waals surface area contributed by atoms with Gasteiger partial charge in [-0.3, -0.25) is 4.98 Å². The van der Waals surface area contributed by atoms with Gasteiger partial charge in [-0.05, 0) is 39.0 Å². The predicted molar refractivity (Wildman–Crippen MR) is 73.3 cm³/mol. The average Bonchev–Trinajstić information content (AvgIpc) is 2.24. The predicted octanol–water partition coefficient (Wildman–Crippen LogP) is 3.78. The minimum absolute atomic E-state index is 0.102. The summed E-state index contributed by atoms with van der Waals surface area (Å²) in [5.41, 5.74) is 2.09. The van der Waals surface area contributed by atoms with Gasteiger partial charge in [0.1, 0.15) is 0 Å². The van der Waals surface area contributed by atoms with Crippen molar-refractivity contribution in [1.82, 2.24) is 10.3 Å². The van der Waals surface area contributed by atoms with Crippen LogP contribution in [0.1, 0.15) is 26.5 Å². The van der Waals surface area contributed by atoms with Crippen LogP contribution in [-0.4, -0.2) is 10.5 Å². The van der Waals surface area contributed by atoms with Gasteiger partial charge in [0.2, 0.25) is 0 Å². The molecule has 0 bridgehead atoms. The molecule has 0 radical (unpaired) electrons. The van der Waals surface area contributed by atoms with Crippen LogP contribution in [0.3, 0.4) is 0 Å². The quantitative estimate of drug-likeness (QED) is 0.875. The van der Waals surface area contributed by atoms with Crippen molar-refractivity contribution in [1.29, 1.82) is 0 Å². The second kappa shape index (κ2) is 4.63. The number of fused-ring (bicyclic) bond motifs is 1. The van der Waals surface area contributed by atoms with E-state index in [2.05, 4.69) is 43.2 Å². The van der Waals surface area contributed by atoms with Gasteiger partial charge in [0.15, 0.2) is 0 Å².